The molecular formula is C22H24N8O2S. The number of sulfonamides is 1. The largest absolute Gasteiger partial charge is 0.340 e. The molecule has 1 aromatic carbocycles. The molecule has 10 nitrogen and oxygen atoms in total. The maximum atomic E-state index is 12.7. The second-order valence-corrected chi connectivity index (χ2v) is 8.88. The monoisotopic (exact) mass is 464 g/mol. The van der Waals surface area contributed by atoms with E-state index in [1.165, 1.54) is 6.20 Å². The number of imidazole rings is 1. The third-order valence-electron chi connectivity index (χ3n) is 4.74. The van der Waals surface area contributed by atoms with E-state index in [0.717, 1.165) is 5.69 Å². The zero-order valence-electron chi connectivity index (χ0n) is 18.4. The molecule has 11 heteroatoms. The third-order valence-corrected chi connectivity index (χ3v) is 5.99. The Morgan fingerprint density at radius 1 is 0.879 bits per heavy atom. The Morgan fingerprint density at radius 2 is 1.58 bits per heavy atom. The van der Waals surface area contributed by atoms with E-state index in [9.17, 15) is 8.42 Å². The van der Waals surface area contributed by atoms with Crippen LogP contribution in [0.15, 0.2) is 66.0 Å². The number of rotatable bonds is 8. The highest BCUT2D eigenvalue weighted by molar-refractivity contribution is 7.92. The molecule has 4 rings (SSSR count). The Kier molecular flexibility index (Phi) is 6.22. The highest BCUT2D eigenvalue weighted by atomic mass is 32.2. The van der Waals surface area contributed by atoms with Crippen LogP contribution < -0.4 is 15.4 Å². The van der Waals surface area contributed by atoms with Crippen LogP contribution in [0.2, 0.25) is 0 Å². The molecule has 3 heterocycles. The minimum absolute atomic E-state index is 0.00607. The zero-order chi connectivity index (χ0) is 23.4. The Labute approximate surface area is 192 Å². The molecule has 0 unspecified atom stereocenters. The molecule has 0 aliphatic carbocycles. The predicted octanol–water partition coefficient (Wildman–Crippen LogP) is 3.99. The number of nitrogens with one attached hydrogen (secondary N) is 3. The van der Waals surface area contributed by atoms with Crippen molar-refractivity contribution in [1.82, 2.24) is 24.5 Å². The summed E-state index contributed by atoms with van der Waals surface area (Å²) in [7, 11) is -3.77. The van der Waals surface area contributed by atoms with Gasteiger partial charge in [0.2, 0.25) is 0 Å². The number of aromatic nitrogens is 5. The first-order valence-electron chi connectivity index (χ1n) is 10.3. The lowest BCUT2D eigenvalue weighted by Crippen LogP contribution is -2.13. The predicted molar refractivity (Wildman–Crippen MR) is 127 cm³/mol. The van der Waals surface area contributed by atoms with Gasteiger partial charge in [0.1, 0.15) is 29.1 Å². The first kappa shape index (κ1) is 22.2. The summed E-state index contributed by atoms with van der Waals surface area (Å²) < 4.78 is 29.6. The van der Waals surface area contributed by atoms with Crippen LogP contribution in [-0.2, 0) is 16.6 Å². The van der Waals surface area contributed by atoms with Crippen molar-refractivity contribution in [2.45, 2.75) is 32.3 Å². The lowest BCUT2D eigenvalue weighted by molar-refractivity contribution is 0.598. The second-order valence-electron chi connectivity index (χ2n) is 7.25. The van der Waals surface area contributed by atoms with E-state index in [0.29, 0.717) is 41.3 Å². The van der Waals surface area contributed by atoms with Gasteiger partial charge in [0.05, 0.1) is 0 Å². The lowest BCUT2D eigenvalue weighted by atomic mass is 10.3. The number of hydrogen-bond donors (Lipinski definition) is 3. The minimum Gasteiger partial charge on any atom is -0.340 e. The van der Waals surface area contributed by atoms with Crippen LogP contribution in [0.5, 0.6) is 0 Å². The molecule has 0 saturated carbocycles. The van der Waals surface area contributed by atoms with Crippen molar-refractivity contribution < 1.29 is 8.42 Å². The van der Waals surface area contributed by atoms with Crippen LogP contribution in [0.4, 0.5) is 28.8 Å². The summed E-state index contributed by atoms with van der Waals surface area (Å²) in [6, 6.07) is 14.2. The van der Waals surface area contributed by atoms with Crippen molar-refractivity contribution in [1.29, 1.82) is 0 Å². The molecule has 0 bridgehead atoms. The fourth-order valence-electron chi connectivity index (χ4n) is 3.17. The smallest absolute Gasteiger partial charge is 0.280 e. The third kappa shape index (κ3) is 5.44. The van der Waals surface area contributed by atoms with Gasteiger partial charge in [0, 0.05) is 36.4 Å². The van der Waals surface area contributed by atoms with Gasteiger partial charge in [-0.25, -0.2) is 19.9 Å². The summed E-state index contributed by atoms with van der Waals surface area (Å²) in [5.74, 6) is 3.11. The first-order chi connectivity index (χ1) is 15.8. The van der Waals surface area contributed by atoms with Gasteiger partial charge in [-0.1, -0.05) is 6.07 Å². The topological polar surface area (TPSA) is 127 Å². The average molecular weight is 465 g/mol. The minimum atomic E-state index is -3.77. The van der Waals surface area contributed by atoms with E-state index < -0.39 is 10.0 Å². The summed E-state index contributed by atoms with van der Waals surface area (Å²) in [5.41, 5.74) is 1.17. The molecule has 0 spiro atoms. The summed E-state index contributed by atoms with van der Waals surface area (Å²) in [4.78, 5) is 17.2. The van der Waals surface area contributed by atoms with Gasteiger partial charge < -0.3 is 15.2 Å². The molecule has 3 N–H and O–H groups in total. The van der Waals surface area contributed by atoms with Crippen molar-refractivity contribution in [3.05, 3.63) is 72.6 Å². The summed E-state index contributed by atoms with van der Waals surface area (Å²) >= 11 is 0. The maximum absolute atomic E-state index is 12.7. The summed E-state index contributed by atoms with van der Waals surface area (Å²) in [6.07, 6.45) is 3.23. The van der Waals surface area contributed by atoms with E-state index in [2.05, 4.69) is 35.3 Å². The number of pyridine rings is 1. The number of nitrogens with zero attached hydrogens (tertiary/aromatic N) is 5. The van der Waals surface area contributed by atoms with E-state index in [-0.39, 0.29) is 5.03 Å². The molecule has 3 aromatic heterocycles. The first-order valence-corrected chi connectivity index (χ1v) is 11.8. The van der Waals surface area contributed by atoms with Crippen LogP contribution in [0.1, 0.15) is 18.6 Å². The standard InChI is InChI=1S/C22H24N8O2S/c1-4-30-14-22(26-16(30)3)33(31,32)29-18-10-8-17(9-11-18)27-20-13-21(25-15(2)24-20)28-19-7-5-6-12-23-19/h5-14,29H,4H2,1-3H3,(H2,23,24,25,27,28). The zero-order valence-corrected chi connectivity index (χ0v) is 19.3. The molecule has 0 amide bonds. The molecule has 0 aliphatic rings. The molecule has 4 aromatic rings. The van der Waals surface area contributed by atoms with E-state index in [1.54, 1.807) is 54.9 Å². The second kappa shape index (κ2) is 9.25. The van der Waals surface area contributed by atoms with Crippen LogP contribution >= 0.6 is 0 Å². The van der Waals surface area contributed by atoms with E-state index in [1.807, 2.05) is 25.1 Å². The van der Waals surface area contributed by atoms with Crippen molar-refractivity contribution in [2.24, 2.45) is 0 Å². The van der Waals surface area contributed by atoms with Crippen molar-refractivity contribution >= 4 is 38.9 Å². The number of hydrogen-bond acceptors (Lipinski definition) is 8. The van der Waals surface area contributed by atoms with E-state index >= 15 is 0 Å². The molecule has 0 saturated heterocycles. The average Bonchev–Trinajstić information content (AvgIpc) is 3.17. The van der Waals surface area contributed by atoms with Crippen molar-refractivity contribution in [2.75, 3.05) is 15.4 Å². The van der Waals surface area contributed by atoms with Crippen LogP contribution in [0, 0.1) is 13.8 Å². The van der Waals surface area contributed by atoms with Gasteiger partial charge in [-0.05, 0) is 57.2 Å². The highest BCUT2D eigenvalue weighted by Crippen LogP contribution is 2.22. The van der Waals surface area contributed by atoms with Crippen molar-refractivity contribution in [3.8, 4) is 0 Å². The molecular weight excluding hydrogens is 440 g/mol. The number of benzene rings is 1. The van der Waals surface area contributed by atoms with Crippen molar-refractivity contribution in [3.63, 3.8) is 0 Å². The Morgan fingerprint density at radius 3 is 2.21 bits per heavy atom. The normalized spacial score (nSPS) is 11.2. The lowest BCUT2D eigenvalue weighted by Gasteiger charge is -2.11. The van der Waals surface area contributed by atoms with Crippen LogP contribution in [-0.4, -0.2) is 32.9 Å². The molecule has 0 radical (unpaired) electrons. The van der Waals surface area contributed by atoms with Gasteiger partial charge in [0.25, 0.3) is 10.0 Å². The molecule has 0 fully saturated rings. The molecule has 33 heavy (non-hydrogen) atoms. The quantitative estimate of drug-likeness (QED) is 0.357. The Balaban J connectivity index is 1.46. The van der Waals surface area contributed by atoms with Crippen LogP contribution in [0.25, 0.3) is 0 Å². The number of aryl methyl sites for hydroxylation is 3. The number of anilines is 5. The summed E-state index contributed by atoms with van der Waals surface area (Å²) in [6.45, 7) is 6.15. The van der Waals surface area contributed by atoms with E-state index in [4.69, 9.17) is 0 Å². The van der Waals surface area contributed by atoms with Crippen LogP contribution in [0.3, 0.4) is 0 Å². The molecule has 0 aliphatic heterocycles. The Bertz CT molecular complexity index is 1350. The summed E-state index contributed by atoms with van der Waals surface area (Å²) in [5, 5.41) is 6.35. The van der Waals surface area contributed by atoms with Gasteiger partial charge in [-0.15, -0.1) is 0 Å². The Hall–Kier alpha value is -3.99. The van der Waals surface area contributed by atoms with Gasteiger partial charge in [-0.3, -0.25) is 4.72 Å². The fraction of sp³-hybridized carbons (Fsp3) is 0.182. The highest BCUT2D eigenvalue weighted by Gasteiger charge is 2.19. The molecule has 0 atom stereocenters. The van der Waals surface area contributed by atoms with Gasteiger partial charge in [0.15, 0.2) is 5.03 Å². The van der Waals surface area contributed by atoms with Gasteiger partial charge >= 0.3 is 0 Å². The SMILES string of the molecule is CCn1cc(S(=O)(=O)Nc2ccc(Nc3cc(Nc4ccccn4)nc(C)n3)cc2)nc1C. The molecule has 170 valence electrons. The maximum Gasteiger partial charge on any atom is 0.280 e. The fourth-order valence-corrected chi connectivity index (χ4v) is 4.24. The van der Waals surface area contributed by atoms with Gasteiger partial charge in [-0.2, -0.15) is 8.42 Å².